The lowest BCUT2D eigenvalue weighted by atomic mass is 10.0. The van der Waals surface area contributed by atoms with Gasteiger partial charge in [0.2, 0.25) is 0 Å². The molecule has 90 valence electrons. The van der Waals surface area contributed by atoms with Gasteiger partial charge in [-0.05, 0) is 12.1 Å². The molecule has 1 amide bonds. The third-order valence-electron chi connectivity index (χ3n) is 2.95. The maximum Gasteiger partial charge on any atom is 0.270 e. The van der Waals surface area contributed by atoms with Crippen molar-refractivity contribution >= 4 is 28.7 Å². The van der Waals surface area contributed by atoms with Crippen LogP contribution in [0.15, 0.2) is 36.0 Å². The second-order valence-corrected chi connectivity index (χ2v) is 4.90. The maximum absolute atomic E-state index is 12.3. The average molecular weight is 258 g/mol. The van der Waals surface area contributed by atoms with Gasteiger partial charge in [0.05, 0.1) is 17.4 Å². The minimum atomic E-state index is -0.0857. The number of hydrogen-bond donors (Lipinski definition) is 0. The molecule has 0 aliphatic carbocycles. The lowest BCUT2D eigenvalue weighted by Gasteiger charge is -2.28. The van der Waals surface area contributed by atoms with Crippen LogP contribution in [0.25, 0.3) is 0 Å². The highest BCUT2D eigenvalue weighted by Gasteiger charge is 2.27. The monoisotopic (exact) mass is 258 g/mol. The van der Waals surface area contributed by atoms with Gasteiger partial charge in [-0.2, -0.15) is 0 Å². The van der Waals surface area contributed by atoms with Gasteiger partial charge in [0.25, 0.3) is 5.91 Å². The van der Waals surface area contributed by atoms with Crippen LogP contribution in [0.4, 0.5) is 5.69 Å². The fourth-order valence-electron chi connectivity index (χ4n) is 2.08. The van der Waals surface area contributed by atoms with Gasteiger partial charge in [-0.15, -0.1) is 11.3 Å². The molecule has 0 saturated heterocycles. The zero-order chi connectivity index (χ0) is 12.5. The van der Waals surface area contributed by atoms with E-state index in [1.54, 1.807) is 22.7 Å². The van der Waals surface area contributed by atoms with Gasteiger partial charge in [-0.3, -0.25) is 14.6 Å². The molecule has 0 radical (unpaired) electrons. The Morgan fingerprint density at radius 2 is 2.17 bits per heavy atom. The summed E-state index contributed by atoms with van der Waals surface area (Å²) in [5, 5.41) is 0. The van der Waals surface area contributed by atoms with Crippen molar-refractivity contribution in [2.24, 2.45) is 0 Å². The molecule has 4 nitrogen and oxygen atoms in total. The van der Waals surface area contributed by atoms with Crippen molar-refractivity contribution in [2.45, 2.75) is 6.42 Å². The van der Waals surface area contributed by atoms with Crippen molar-refractivity contribution in [3.05, 3.63) is 46.4 Å². The van der Waals surface area contributed by atoms with E-state index in [-0.39, 0.29) is 11.7 Å². The van der Waals surface area contributed by atoms with Gasteiger partial charge in [0.15, 0.2) is 5.78 Å². The Balaban J connectivity index is 2.03. The van der Waals surface area contributed by atoms with Crippen LogP contribution in [-0.4, -0.2) is 23.2 Å². The van der Waals surface area contributed by atoms with Crippen LogP contribution in [0.3, 0.4) is 0 Å². The topological polar surface area (TPSA) is 50.3 Å². The number of nitrogens with zero attached hydrogens (tertiary/aromatic N) is 2. The molecule has 1 aliphatic rings. The molecular weight excluding hydrogens is 248 g/mol. The molecule has 2 aromatic rings. The molecule has 0 unspecified atom stereocenters. The standard InChI is InChI=1S/C13H10N2O2S/c16-11-5-6-15(10-4-2-1-3-9(10)11)13(17)12-7-14-8-18-12/h1-4,7-8H,5-6H2. The Bertz CT molecular complexity index is 607. The van der Waals surface area contributed by atoms with E-state index in [1.165, 1.54) is 11.3 Å². The van der Waals surface area contributed by atoms with E-state index in [1.807, 2.05) is 18.2 Å². The average Bonchev–Trinajstić information content (AvgIpc) is 2.93. The van der Waals surface area contributed by atoms with Crippen molar-refractivity contribution < 1.29 is 9.59 Å². The number of para-hydroxylation sites is 1. The summed E-state index contributed by atoms with van der Waals surface area (Å²) < 4.78 is 0. The molecule has 0 saturated carbocycles. The third-order valence-corrected chi connectivity index (χ3v) is 3.71. The molecule has 2 heterocycles. The van der Waals surface area contributed by atoms with Crippen molar-refractivity contribution in [2.75, 3.05) is 11.4 Å². The van der Waals surface area contributed by atoms with Crippen LogP contribution in [0, 0.1) is 0 Å². The second-order valence-electron chi connectivity index (χ2n) is 4.01. The van der Waals surface area contributed by atoms with E-state index in [0.717, 1.165) is 0 Å². The lowest BCUT2D eigenvalue weighted by Crippen LogP contribution is -2.37. The highest BCUT2D eigenvalue weighted by atomic mass is 32.1. The number of aromatic nitrogens is 1. The SMILES string of the molecule is O=C1CCN(C(=O)c2cncs2)c2ccccc21. The van der Waals surface area contributed by atoms with Crippen molar-refractivity contribution in [1.29, 1.82) is 0 Å². The number of rotatable bonds is 1. The lowest BCUT2D eigenvalue weighted by molar-refractivity contribution is 0.0957. The Morgan fingerprint density at radius 1 is 1.33 bits per heavy atom. The minimum absolute atomic E-state index is 0.0857. The number of benzene rings is 1. The molecule has 0 fully saturated rings. The molecule has 1 aliphatic heterocycles. The Labute approximate surface area is 108 Å². The van der Waals surface area contributed by atoms with E-state index in [9.17, 15) is 9.59 Å². The summed E-state index contributed by atoms with van der Waals surface area (Å²) in [6.45, 7) is 0.437. The number of ketones is 1. The third kappa shape index (κ3) is 1.73. The molecule has 0 spiro atoms. The van der Waals surface area contributed by atoms with Gasteiger partial charge in [0, 0.05) is 18.5 Å². The largest absolute Gasteiger partial charge is 0.306 e. The number of Topliss-reactive ketones (excluding diaryl/α,β-unsaturated/α-hetero) is 1. The van der Waals surface area contributed by atoms with Crippen LogP contribution in [0.1, 0.15) is 26.5 Å². The summed E-state index contributed by atoms with van der Waals surface area (Å²) in [6.07, 6.45) is 1.94. The van der Waals surface area contributed by atoms with Gasteiger partial charge in [0.1, 0.15) is 4.88 Å². The molecule has 1 aromatic carbocycles. The first kappa shape index (κ1) is 11.1. The normalized spacial score (nSPS) is 14.4. The van der Waals surface area contributed by atoms with Crippen LogP contribution < -0.4 is 4.90 Å². The number of amides is 1. The number of hydrogen-bond acceptors (Lipinski definition) is 4. The van der Waals surface area contributed by atoms with Crippen LogP contribution in [0.5, 0.6) is 0 Å². The summed E-state index contributed by atoms with van der Waals surface area (Å²) in [5.74, 6) is 0.0106. The summed E-state index contributed by atoms with van der Waals surface area (Å²) in [4.78, 5) is 30.3. The van der Waals surface area contributed by atoms with E-state index < -0.39 is 0 Å². The summed E-state index contributed by atoms with van der Waals surface area (Å²) in [7, 11) is 0. The van der Waals surface area contributed by atoms with Gasteiger partial charge in [-0.1, -0.05) is 12.1 Å². The van der Waals surface area contributed by atoms with Crippen molar-refractivity contribution in [3.8, 4) is 0 Å². The number of anilines is 1. The van der Waals surface area contributed by atoms with E-state index in [0.29, 0.717) is 29.1 Å². The van der Waals surface area contributed by atoms with Crippen LogP contribution >= 0.6 is 11.3 Å². The zero-order valence-corrected chi connectivity index (χ0v) is 10.3. The summed E-state index contributed by atoms with van der Waals surface area (Å²) in [5.41, 5.74) is 2.96. The smallest absolute Gasteiger partial charge is 0.270 e. The Kier molecular flexibility index (Phi) is 2.68. The van der Waals surface area contributed by atoms with E-state index >= 15 is 0 Å². The van der Waals surface area contributed by atoms with Gasteiger partial charge < -0.3 is 4.90 Å². The Morgan fingerprint density at radius 3 is 2.94 bits per heavy atom. The highest BCUT2D eigenvalue weighted by molar-refractivity contribution is 7.11. The Hall–Kier alpha value is -2.01. The number of carbonyl (C=O) groups excluding carboxylic acids is 2. The maximum atomic E-state index is 12.3. The van der Waals surface area contributed by atoms with Crippen molar-refractivity contribution in [3.63, 3.8) is 0 Å². The molecular formula is C13H10N2O2S. The van der Waals surface area contributed by atoms with E-state index in [2.05, 4.69) is 4.98 Å². The number of thiazole rings is 1. The molecule has 3 rings (SSSR count). The van der Waals surface area contributed by atoms with E-state index in [4.69, 9.17) is 0 Å². The first-order valence-corrected chi connectivity index (χ1v) is 6.48. The molecule has 5 heteroatoms. The number of carbonyl (C=O) groups is 2. The zero-order valence-electron chi connectivity index (χ0n) is 9.50. The summed E-state index contributed by atoms with van der Waals surface area (Å²) in [6, 6.07) is 7.23. The first-order chi connectivity index (χ1) is 8.77. The minimum Gasteiger partial charge on any atom is -0.306 e. The first-order valence-electron chi connectivity index (χ1n) is 5.60. The fraction of sp³-hybridized carbons (Fsp3) is 0.154. The highest BCUT2D eigenvalue weighted by Crippen LogP contribution is 2.28. The van der Waals surface area contributed by atoms with Gasteiger partial charge >= 0.3 is 0 Å². The molecule has 1 aromatic heterocycles. The predicted molar refractivity (Wildman–Crippen MR) is 69.2 cm³/mol. The molecule has 0 atom stereocenters. The van der Waals surface area contributed by atoms with Gasteiger partial charge in [-0.25, -0.2) is 0 Å². The van der Waals surface area contributed by atoms with Crippen LogP contribution in [0.2, 0.25) is 0 Å². The molecule has 18 heavy (non-hydrogen) atoms. The number of fused-ring (bicyclic) bond motifs is 1. The van der Waals surface area contributed by atoms with Crippen LogP contribution in [-0.2, 0) is 0 Å². The second kappa shape index (κ2) is 4.34. The molecule has 0 N–H and O–H groups in total. The van der Waals surface area contributed by atoms with Crippen molar-refractivity contribution in [1.82, 2.24) is 4.98 Å². The fourth-order valence-corrected chi connectivity index (χ4v) is 2.65. The summed E-state index contributed by atoms with van der Waals surface area (Å²) >= 11 is 1.31. The predicted octanol–water partition coefficient (Wildman–Crippen LogP) is 2.38. The quantitative estimate of drug-likeness (QED) is 0.789. The molecule has 0 bridgehead atoms.